The molecule has 0 aliphatic heterocycles. The van der Waals surface area contributed by atoms with E-state index in [9.17, 15) is 9.59 Å². The van der Waals surface area contributed by atoms with Crippen LogP contribution in [0.15, 0.2) is 78.9 Å². The average Bonchev–Trinajstić information content (AvgIpc) is 2.86. The minimum absolute atomic E-state index is 0.165. The minimum atomic E-state index is -0.690. The van der Waals surface area contributed by atoms with Crippen molar-refractivity contribution in [3.05, 3.63) is 101 Å². The summed E-state index contributed by atoms with van der Waals surface area (Å²) in [5.41, 5.74) is 2.89. The number of nitrogens with one attached hydrogen (secondary N) is 1. The fourth-order valence-corrected chi connectivity index (χ4v) is 4.07. The summed E-state index contributed by atoms with van der Waals surface area (Å²) in [5, 5.41) is 3.51. The quantitative estimate of drug-likeness (QED) is 0.378. The summed E-state index contributed by atoms with van der Waals surface area (Å²) in [7, 11) is 0. The van der Waals surface area contributed by atoms with E-state index in [0.717, 1.165) is 16.7 Å². The van der Waals surface area contributed by atoms with Crippen molar-refractivity contribution in [3.8, 4) is 5.75 Å². The van der Waals surface area contributed by atoms with Crippen LogP contribution in [0.1, 0.15) is 43.4 Å². The van der Waals surface area contributed by atoms with Crippen LogP contribution < -0.4 is 10.1 Å². The van der Waals surface area contributed by atoms with Gasteiger partial charge in [-0.05, 0) is 47.7 Å². The third-order valence-electron chi connectivity index (χ3n) is 5.78. The summed E-state index contributed by atoms with van der Waals surface area (Å²) < 4.78 is 5.99. The van der Waals surface area contributed by atoms with Crippen molar-refractivity contribution in [3.63, 3.8) is 0 Å². The molecule has 3 rings (SSSR count). The van der Waals surface area contributed by atoms with Crippen molar-refractivity contribution >= 4 is 23.4 Å². The van der Waals surface area contributed by atoms with Crippen LogP contribution in [0.4, 0.5) is 0 Å². The Balaban J connectivity index is 1.90. The highest BCUT2D eigenvalue weighted by Crippen LogP contribution is 2.26. The molecule has 5 nitrogen and oxygen atoms in total. The predicted octanol–water partition coefficient (Wildman–Crippen LogP) is 5.62. The summed E-state index contributed by atoms with van der Waals surface area (Å²) in [6, 6.07) is 24.1. The van der Waals surface area contributed by atoms with Gasteiger partial charge in [0, 0.05) is 24.5 Å². The van der Waals surface area contributed by atoms with E-state index in [2.05, 4.69) is 19.2 Å². The van der Waals surface area contributed by atoms with Crippen LogP contribution in [0, 0.1) is 0 Å². The van der Waals surface area contributed by atoms with Gasteiger partial charge in [-0.15, -0.1) is 0 Å². The minimum Gasteiger partial charge on any atom is -0.483 e. The monoisotopic (exact) mass is 492 g/mol. The van der Waals surface area contributed by atoms with E-state index in [-0.39, 0.29) is 30.9 Å². The van der Waals surface area contributed by atoms with Gasteiger partial charge >= 0.3 is 0 Å². The van der Waals surface area contributed by atoms with Crippen LogP contribution in [0.25, 0.3) is 0 Å². The molecule has 0 spiro atoms. The number of ether oxygens (including phenoxy) is 1. The molecular weight excluding hydrogens is 460 g/mol. The fraction of sp³-hybridized carbons (Fsp3) is 0.310. The number of carbonyl (C=O) groups is 2. The maximum atomic E-state index is 13.6. The molecule has 1 N–H and O–H groups in total. The lowest BCUT2D eigenvalue weighted by Gasteiger charge is -2.31. The molecule has 0 saturated carbocycles. The number of likely N-dealkylation sites (N-methyl/N-ethyl adjacent to an activating group) is 1. The number of halogens is 1. The molecule has 0 aromatic heterocycles. The number of amides is 2. The van der Waals surface area contributed by atoms with E-state index in [1.165, 1.54) is 0 Å². The summed E-state index contributed by atoms with van der Waals surface area (Å²) >= 11 is 6.07. The normalized spacial score (nSPS) is 11.7. The van der Waals surface area contributed by atoms with Crippen LogP contribution in [0.3, 0.4) is 0 Å². The second kappa shape index (κ2) is 13.0. The lowest BCUT2D eigenvalue weighted by molar-refractivity contribution is -0.142. The molecule has 0 bridgehead atoms. The third kappa shape index (κ3) is 7.59. The topological polar surface area (TPSA) is 58.6 Å². The van der Waals surface area contributed by atoms with Crippen LogP contribution in [-0.4, -0.2) is 35.9 Å². The molecule has 1 atom stereocenters. The number of carbonyl (C=O) groups excluding carboxylic acids is 2. The predicted molar refractivity (Wildman–Crippen MR) is 141 cm³/mol. The number of rotatable bonds is 11. The molecule has 0 aliphatic rings. The number of para-hydroxylation sites is 1. The Bertz CT molecular complexity index is 1100. The molecule has 0 radical (unpaired) electrons. The van der Waals surface area contributed by atoms with Gasteiger partial charge in [0.15, 0.2) is 6.61 Å². The Morgan fingerprint density at radius 2 is 1.57 bits per heavy atom. The highest BCUT2D eigenvalue weighted by atomic mass is 35.5. The zero-order valence-corrected chi connectivity index (χ0v) is 21.3. The molecule has 0 heterocycles. The van der Waals surface area contributed by atoms with Crippen LogP contribution in [-0.2, 0) is 22.6 Å². The summed E-state index contributed by atoms with van der Waals surface area (Å²) in [6.07, 6.45) is 0.397. The lowest BCUT2D eigenvalue weighted by Crippen LogP contribution is -2.51. The van der Waals surface area contributed by atoms with Gasteiger partial charge in [-0.2, -0.15) is 0 Å². The zero-order valence-electron chi connectivity index (χ0n) is 20.5. The zero-order chi connectivity index (χ0) is 25.2. The molecule has 0 fully saturated rings. The van der Waals surface area contributed by atoms with Crippen molar-refractivity contribution in [1.29, 1.82) is 0 Å². The maximum Gasteiger partial charge on any atom is 0.261 e. The van der Waals surface area contributed by atoms with Gasteiger partial charge in [0.2, 0.25) is 5.91 Å². The molecule has 0 aliphatic carbocycles. The van der Waals surface area contributed by atoms with Gasteiger partial charge in [-0.3, -0.25) is 9.59 Å². The molecule has 3 aromatic rings. The second-order valence-electron chi connectivity index (χ2n) is 8.73. The first-order valence-electron chi connectivity index (χ1n) is 12.0. The van der Waals surface area contributed by atoms with Gasteiger partial charge in [-0.1, -0.05) is 86.1 Å². The Labute approximate surface area is 213 Å². The lowest BCUT2D eigenvalue weighted by atomic mass is 10.0. The fourth-order valence-electron chi connectivity index (χ4n) is 3.94. The largest absolute Gasteiger partial charge is 0.483 e. The maximum absolute atomic E-state index is 13.6. The Morgan fingerprint density at radius 1 is 0.914 bits per heavy atom. The van der Waals surface area contributed by atoms with Gasteiger partial charge in [-0.25, -0.2) is 0 Å². The smallest absolute Gasteiger partial charge is 0.261 e. The Morgan fingerprint density at radius 3 is 2.23 bits per heavy atom. The SMILES string of the molecule is CCNC(=O)C(Cc1ccccc1)N(Cc1ccc(Cl)cc1)C(=O)COc1ccccc1C(C)C. The second-order valence-corrected chi connectivity index (χ2v) is 9.17. The number of hydrogen-bond donors (Lipinski definition) is 1. The van der Waals surface area contributed by atoms with Crippen molar-refractivity contribution < 1.29 is 14.3 Å². The van der Waals surface area contributed by atoms with E-state index in [1.54, 1.807) is 17.0 Å². The molecule has 2 amide bonds. The van der Waals surface area contributed by atoms with Crippen LogP contribution in [0.5, 0.6) is 5.75 Å². The van der Waals surface area contributed by atoms with Crippen molar-refractivity contribution in [1.82, 2.24) is 10.2 Å². The van der Waals surface area contributed by atoms with Crippen molar-refractivity contribution in [2.24, 2.45) is 0 Å². The molecule has 6 heteroatoms. The van der Waals surface area contributed by atoms with Gasteiger partial charge in [0.05, 0.1) is 0 Å². The average molecular weight is 493 g/mol. The number of benzene rings is 3. The molecular formula is C29H33ClN2O3. The first-order valence-corrected chi connectivity index (χ1v) is 12.3. The molecule has 184 valence electrons. The Kier molecular flexibility index (Phi) is 9.74. The molecule has 35 heavy (non-hydrogen) atoms. The van der Waals surface area contributed by atoms with Gasteiger partial charge in [0.1, 0.15) is 11.8 Å². The highest BCUT2D eigenvalue weighted by molar-refractivity contribution is 6.30. The van der Waals surface area contributed by atoms with E-state index < -0.39 is 6.04 Å². The van der Waals surface area contributed by atoms with E-state index in [0.29, 0.717) is 23.7 Å². The summed E-state index contributed by atoms with van der Waals surface area (Å²) in [5.74, 6) is 0.486. The van der Waals surface area contributed by atoms with Crippen LogP contribution in [0.2, 0.25) is 5.02 Å². The Hall–Kier alpha value is -3.31. The molecule has 1 unspecified atom stereocenters. The molecule has 0 saturated heterocycles. The summed E-state index contributed by atoms with van der Waals surface area (Å²) in [4.78, 5) is 28.4. The number of nitrogens with zero attached hydrogens (tertiary/aromatic N) is 1. The van der Waals surface area contributed by atoms with Crippen LogP contribution >= 0.6 is 11.6 Å². The first-order chi connectivity index (χ1) is 16.9. The van der Waals surface area contributed by atoms with Gasteiger partial charge in [0.25, 0.3) is 5.91 Å². The number of hydrogen-bond acceptors (Lipinski definition) is 3. The van der Waals surface area contributed by atoms with E-state index in [1.807, 2.05) is 73.7 Å². The van der Waals surface area contributed by atoms with E-state index in [4.69, 9.17) is 16.3 Å². The third-order valence-corrected chi connectivity index (χ3v) is 6.03. The van der Waals surface area contributed by atoms with E-state index >= 15 is 0 Å². The van der Waals surface area contributed by atoms with Gasteiger partial charge < -0.3 is 15.0 Å². The summed E-state index contributed by atoms with van der Waals surface area (Å²) in [6.45, 7) is 6.62. The first kappa shape index (κ1) is 26.3. The molecule has 3 aromatic carbocycles. The van der Waals surface area contributed by atoms with Crippen molar-refractivity contribution in [2.45, 2.75) is 45.7 Å². The standard InChI is InChI=1S/C29H33ClN2O3/c1-4-31-29(34)26(18-22-10-6-5-7-11-22)32(19-23-14-16-24(30)17-15-23)28(33)20-35-27-13-9-8-12-25(27)21(2)3/h5-17,21,26H,4,18-20H2,1-3H3,(H,31,34). The highest BCUT2D eigenvalue weighted by Gasteiger charge is 2.30. The van der Waals surface area contributed by atoms with Crippen molar-refractivity contribution in [2.75, 3.05) is 13.2 Å².